The Morgan fingerprint density at radius 3 is 2.52 bits per heavy atom. The summed E-state index contributed by atoms with van der Waals surface area (Å²) < 4.78 is 30.1. The number of fused-ring (bicyclic) bond motifs is 1. The van der Waals surface area contributed by atoms with E-state index in [2.05, 4.69) is 20.6 Å². The summed E-state index contributed by atoms with van der Waals surface area (Å²) in [6.45, 7) is 0.811. The first kappa shape index (κ1) is 23.1. The Balaban J connectivity index is 1.46. The van der Waals surface area contributed by atoms with Gasteiger partial charge in [-0.25, -0.2) is 22.5 Å². The predicted molar refractivity (Wildman–Crippen MR) is 127 cm³/mol. The molecule has 0 saturated carbocycles. The van der Waals surface area contributed by atoms with Gasteiger partial charge < -0.3 is 20.4 Å². The lowest BCUT2D eigenvalue weighted by molar-refractivity contribution is 0.223. The first-order chi connectivity index (χ1) is 15.8. The lowest BCUT2D eigenvalue weighted by Crippen LogP contribution is -2.49. The van der Waals surface area contributed by atoms with Gasteiger partial charge in [0.2, 0.25) is 10.0 Å². The molecule has 2 heterocycles. The average molecular weight is 472 g/mol. The van der Waals surface area contributed by atoms with E-state index in [1.54, 1.807) is 7.11 Å². The largest absolute Gasteiger partial charge is 0.497 e. The van der Waals surface area contributed by atoms with Crippen molar-refractivity contribution in [3.05, 3.63) is 59.9 Å². The molecule has 1 aliphatic heterocycles. The van der Waals surface area contributed by atoms with Gasteiger partial charge in [-0.15, -0.1) is 0 Å². The molecule has 1 unspecified atom stereocenters. The standard InChI is InChI=1S/C23H29N5O4S/c1-32-18-9-7-16(8-10-18)15-21(22-25-19-5-3-4-6-20(19)26-22)27-23(29)24-17-11-13-28(14-12-17)33(2,30)31/h3-10,17,21H,11-15H2,1-2H3,(H,25,26)(H2,24,27,29). The van der Waals surface area contributed by atoms with E-state index in [1.165, 1.54) is 10.6 Å². The van der Waals surface area contributed by atoms with Gasteiger partial charge in [-0.05, 0) is 49.1 Å². The number of nitrogens with zero attached hydrogens (tertiary/aromatic N) is 2. The van der Waals surface area contributed by atoms with Crippen LogP contribution in [0.4, 0.5) is 4.79 Å². The minimum atomic E-state index is -3.20. The zero-order chi connectivity index (χ0) is 23.4. The molecule has 2 aromatic carbocycles. The highest BCUT2D eigenvalue weighted by Crippen LogP contribution is 2.22. The number of benzene rings is 2. The molecule has 2 amide bonds. The number of aromatic amines is 1. The van der Waals surface area contributed by atoms with Crippen molar-refractivity contribution in [2.75, 3.05) is 26.5 Å². The Morgan fingerprint density at radius 2 is 1.88 bits per heavy atom. The third kappa shape index (κ3) is 5.82. The molecule has 0 aliphatic carbocycles. The lowest BCUT2D eigenvalue weighted by atomic mass is 10.0. The van der Waals surface area contributed by atoms with Gasteiger partial charge in [0, 0.05) is 19.1 Å². The number of aromatic nitrogens is 2. The molecule has 1 atom stereocenters. The lowest BCUT2D eigenvalue weighted by Gasteiger charge is -2.31. The number of carbonyl (C=O) groups excluding carboxylic acids is 1. The fourth-order valence-corrected chi connectivity index (χ4v) is 4.94. The summed E-state index contributed by atoms with van der Waals surface area (Å²) in [5, 5.41) is 6.05. The second kappa shape index (κ2) is 9.80. The smallest absolute Gasteiger partial charge is 0.315 e. The van der Waals surface area contributed by atoms with E-state index in [1.807, 2.05) is 48.5 Å². The van der Waals surface area contributed by atoms with Crippen molar-refractivity contribution in [1.29, 1.82) is 0 Å². The summed E-state index contributed by atoms with van der Waals surface area (Å²) in [5.74, 6) is 1.44. The predicted octanol–water partition coefficient (Wildman–Crippen LogP) is 2.58. The molecule has 3 N–H and O–H groups in total. The van der Waals surface area contributed by atoms with Crippen molar-refractivity contribution < 1.29 is 17.9 Å². The third-order valence-corrected chi connectivity index (χ3v) is 7.20. The summed E-state index contributed by atoms with van der Waals surface area (Å²) in [6.07, 6.45) is 2.91. The van der Waals surface area contributed by atoms with E-state index in [9.17, 15) is 13.2 Å². The van der Waals surface area contributed by atoms with Crippen LogP contribution in [-0.2, 0) is 16.4 Å². The Bertz CT molecular complexity index is 1170. The van der Waals surface area contributed by atoms with Crippen LogP contribution in [0, 0.1) is 0 Å². The van der Waals surface area contributed by atoms with Crippen molar-refractivity contribution >= 4 is 27.1 Å². The second-order valence-electron chi connectivity index (χ2n) is 8.30. The van der Waals surface area contributed by atoms with Crippen molar-refractivity contribution in [3.8, 4) is 5.75 Å². The number of hydrogen-bond donors (Lipinski definition) is 3. The van der Waals surface area contributed by atoms with Gasteiger partial charge in [0.05, 0.1) is 30.4 Å². The Hall–Kier alpha value is -3.11. The van der Waals surface area contributed by atoms with Gasteiger partial charge in [0.15, 0.2) is 0 Å². The number of sulfonamides is 1. The molecule has 1 saturated heterocycles. The molecule has 176 valence electrons. The number of rotatable bonds is 7. The van der Waals surface area contributed by atoms with Gasteiger partial charge in [0.1, 0.15) is 11.6 Å². The molecule has 33 heavy (non-hydrogen) atoms. The zero-order valence-corrected chi connectivity index (χ0v) is 19.6. The number of hydrogen-bond acceptors (Lipinski definition) is 5. The fraction of sp³-hybridized carbons (Fsp3) is 0.391. The molecule has 1 aromatic heterocycles. The molecular formula is C23H29N5O4S. The van der Waals surface area contributed by atoms with Crippen LogP contribution in [0.5, 0.6) is 5.75 Å². The molecule has 1 aliphatic rings. The highest BCUT2D eigenvalue weighted by Gasteiger charge is 2.27. The number of urea groups is 1. The van der Waals surface area contributed by atoms with E-state index >= 15 is 0 Å². The van der Waals surface area contributed by atoms with Gasteiger partial charge in [-0.2, -0.15) is 0 Å². The maximum absolute atomic E-state index is 12.9. The third-order valence-electron chi connectivity index (χ3n) is 5.90. The molecule has 0 spiro atoms. The summed E-state index contributed by atoms with van der Waals surface area (Å²) in [4.78, 5) is 20.9. The van der Waals surface area contributed by atoms with Crippen molar-refractivity contribution in [3.63, 3.8) is 0 Å². The molecule has 10 heteroatoms. The van der Waals surface area contributed by atoms with Gasteiger partial charge in [-0.1, -0.05) is 24.3 Å². The number of carbonyl (C=O) groups is 1. The van der Waals surface area contributed by atoms with E-state index < -0.39 is 10.0 Å². The van der Waals surface area contributed by atoms with Crippen LogP contribution in [0.15, 0.2) is 48.5 Å². The van der Waals surface area contributed by atoms with Gasteiger partial charge in [-0.3, -0.25) is 0 Å². The topological polar surface area (TPSA) is 116 Å². The fourth-order valence-electron chi connectivity index (χ4n) is 4.07. The average Bonchev–Trinajstić information content (AvgIpc) is 3.23. The van der Waals surface area contributed by atoms with Crippen LogP contribution in [0.25, 0.3) is 11.0 Å². The number of para-hydroxylation sites is 2. The summed E-state index contributed by atoms with van der Waals surface area (Å²) in [6, 6.07) is 14.7. The molecule has 1 fully saturated rings. The highest BCUT2D eigenvalue weighted by atomic mass is 32.2. The van der Waals surface area contributed by atoms with Crippen molar-refractivity contribution in [2.45, 2.75) is 31.3 Å². The van der Waals surface area contributed by atoms with Crippen LogP contribution in [0.1, 0.15) is 30.3 Å². The molecule has 0 radical (unpaired) electrons. The van der Waals surface area contributed by atoms with Crippen molar-refractivity contribution in [1.82, 2.24) is 24.9 Å². The molecule has 0 bridgehead atoms. The monoisotopic (exact) mass is 471 g/mol. The number of methoxy groups -OCH3 is 1. The van der Waals surface area contributed by atoms with Crippen LogP contribution in [0.2, 0.25) is 0 Å². The quantitative estimate of drug-likeness (QED) is 0.490. The molecular weight excluding hydrogens is 442 g/mol. The van der Waals surface area contributed by atoms with Crippen molar-refractivity contribution in [2.24, 2.45) is 0 Å². The van der Waals surface area contributed by atoms with E-state index in [0.29, 0.717) is 38.2 Å². The highest BCUT2D eigenvalue weighted by molar-refractivity contribution is 7.88. The van der Waals surface area contributed by atoms with E-state index in [0.717, 1.165) is 22.3 Å². The number of ether oxygens (including phenoxy) is 1. The van der Waals surface area contributed by atoms with Crippen LogP contribution in [-0.4, -0.2) is 61.2 Å². The Kier molecular flexibility index (Phi) is 6.85. The number of H-pyrrole nitrogens is 1. The Labute approximate surface area is 193 Å². The first-order valence-electron chi connectivity index (χ1n) is 10.9. The Morgan fingerprint density at radius 1 is 1.18 bits per heavy atom. The summed E-state index contributed by atoms with van der Waals surface area (Å²) in [5.41, 5.74) is 2.77. The minimum absolute atomic E-state index is 0.0830. The van der Waals surface area contributed by atoms with E-state index in [4.69, 9.17) is 4.74 Å². The number of imidazole rings is 1. The normalized spacial score (nSPS) is 16.4. The molecule has 3 aromatic rings. The number of piperidine rings is 1. The summed E-state index contributed by atoms with van der Waals surface area (Å²) in [7, 11) is -1.58. The second-order valence-corrected chi connectivity index (χ2v) is 10.3. The maximum Gasteiger partial charge on any atom is 0.315 e. The molecule has 4 rings (SSSR count). The number of nitrogens with one attached hydrogen (secondary N) is 3. The van der Waals surface area contributed by atoms with Crippen LogP contribution >= 0.6 is 0 Å². The van der Waals surface area contributed by atoms with E-state index in [-0.39, 0.29) is 18.1 Å². The summed E-state index contributed by atoms with van der Waals surface area (Å²) >= 11 is 0. The van der Waals surface area contributed by atoms with Gasteiger partial charge >= 0.3 is 6.03 Å². The maximum atomic E-state index is 12.9. The zero-order valence-electron chi connectivity index (χ0n) is 18.7. The first-order valence-corrected chi connectivity index (χ1v) is 12.8. The number of amides is 2. The SMILES string of the molecule is COc1ccc(CC(NC(=O)NC2CCN(S(C)(=O)=O)CC2)c2nc3ccccc3[nH]2)cc1. The van der Waals surface area contributed by atoms with Crippen LogP contribution in [0.3, 0.4) is 0 Å². The molecule has 9 nitrogen and oxygen atoms in total. The van der Waals surface area contributed by atoms with Gasteiger partial charge in [0.25, 0.3) is 0 Å². The van der Waals surface area contributed by atoms with Crippen LogP contribution < -0.4 is 15.4 Å². The minimum Gasteiger partial charge on any atom is -0.497 e.